The topological polar surface area (TPSA) is 79.3 Å². The molecule has 0 unspecified atom stereocenters. The van der Waals surface area contributed by atoms with Crippen LogP contribution in [-0.2, 0) is 7.05 Å². The Morgan fingerprint density at radius 3 is 2.59 bits per heavy atom. The molecular weight excluding hydrogens is 342 g/mol. The molecule has 7 nitrogen and oxygen atoms in total. The molecular formula is C20H27N5O2. The number of rotatable bonds is 4. The summed E-state index contributed by atoms with van der Waals surface area (Å²) in [6, 6.07) is 7.30. The fourth-order valence-corrected chi connectivity index (χ4v) is 3.52. The molecule has 2 N–H and O–H groups in total. The monoisotopic (exact) mass is 369 g/mol. The number of piperidine rings is 1. The molecule has 0 saturated carbocycles. The summed E-state index contributed by atoms with van der Waals surface area (Å²) < 4.78 is 1.91. The lowest BCUT2D eigenvalue weighted by Crippen LogP contribution is -2.41. The number of likely N-dealkylation sites (tertiary alicyclic amines) is 1. The van der Waals surface area contributed by atoms with E-state index in [4.69, 9.17) is 0 Å². The first-order valence-corrected chi connectivity index (χ1v) is 9.42. The van der Waals surface area contributed by atoms with Gasteiger partial charge in [-0.2, -0.15) is 5.10 Å². The Kier molecular flexibility index (Phi) is 5.78. The normalized spacial score (nSPS) is 14.9. The van der Waals surface area contributed by atoms with Crippen molar-refractivity contribution in [1.29, 1.82) is 0 Å². The molecule has 1 saturated heterocycles. The summed E-state index contributed by atoms with van der Waals surface area (Å²) in [6.07, 6.45) is 3.66. The van der Waals surface area contributed by atoms with Crippen molar-refractivity contribution >= 4 is 17.6 Å². The highest BCUT2D eigenvalue weighted by Gasteiger charge is 2.25. The molecule has 0 spiro atoms. The average molecular weight is 369 g/mol. The number of urea groups is 1. The molecule has 3 rings (SSSR count). The SMILES string of the molecule is CCNC(=O)c1ccc(C)c(NC(=O)N2CCC(c3ccnn3C)CC2)c1. The number of aromatic nitrogens is 2. The maximum Gasteiger partial charge on any atom is 0.321 e. The number of anilines is 1. The second-order valence-electron chi connectivity index (χ2n) is 6.96. The zero-order chi connectivity index (χ0) is 19.4. The molecule has 0 aliphatic carbocycles. The van der Waals surface area contributed by atoms with Gasteiger partial charge < -0.3 is 15.5 Å². The quantitative estimate of drug-likeness (QED) is 0.870. The summed E-state index contributed by atoms with van der Waals surface area (Å²) in [5.41, 5.74) is 3.38. The van der Waals surface area contributed by atoms with Crippen molar-refractivity contribution in [2.45, 2.75) is 32.6 Å². The van der Waals surface area contributed by atoms with Gasteiger partial charge in [-0.1, -0.05) is 6.07 Å². The maximum absolute atomic E-state index is 12.7. The molecule has 7 heteroatoms. The smallest absolute Gasteiger partial charge is 0.321 e. The second kappa shape index (κ2) is 8.24. The van der Waals surface area contributed by atoms with Crippen molar-refractivity contribution in [3.05, 3.63) is 47.3 Å². The van der Waals surface area contributed by atoms with Crippen LogP contribution in [0.25, 0.3) is 0 Å². The van der Waals surface area contributed by atoms with E-state index in [0.29, 0.717) is 36.8 Å². The Morgan fingerprint density at radius 2 is 1.96 bits per heavy atom. The van der Waals surface area contributed by atoms with Crippen molar-refractivity contribution < 1.29 is 9.59 Å². The molecule has 144 valence electrons. The Labute approximate surface area is 159 Å². The van der Waals surface area contributed by atoms with Crippen molar-refractivity contribution in [2.75, 3.05) is 25.0 Å². The van der Waals surface area contributed by atoms with Crippen LogP contribution in [0.3, 0.4) is 0 Å². The molecule has 27 heavy (non-hydrogen) atoms. The number of aryl methyl sites for hydroxylation is 2. The van der Waals surface area contributed by atoms with Crippen LogP contribution in [0.4, 0.5) is 10.5 Å². The molecule has 0 radical (unpaired) electrons. The molecule has 0 bridgehead atoms. The third-order valence-electron chi connectivity index (χ3n) is 5.14. The summed E-state index contributed by atoms with van der Waals surface area (Å²) >= 11 is 0. The number of nitrogens with one attached hydrogen (secondary N) is 2. The van der Waals surface area contributed by atoms with Crippen molar-refractivity contribution in [2.24, 2.45) is 7.05 Å². The Morgan fingerprint density at radius 1 is 1.22 bits per heavy atom. The van der Waals surface area contributed by atoms with Crippen LogP contribution in [-0.4, -0.2) is 46.3 Å². The van der Waals surface area contributed by atoms with Crippen LogP contribution >= 0.6 is 0 Å². The highest BCUT2D eigenvalue weighted by atomic mass is 16.2. The number of carbonyl (C=O) groups excluding carboxylic acids is 2. The van der Waals surface area contributed by atoms with Gasteiger partial charge >= 0.3 is 6.03 Å². The highest BCUT2D eigenvalue weighted by molar-refractivity contribution is 5.97. The Hall–Kier alpha value is -2.83. The summed E-state index contributed by atoms with van der Waals surface area (Å²) in [5, 5.41) is 9.98. The molecule has 1 aliphatic heterocycles. The van der Waals surface area contributed by atoms with Gasteiger partial charge in [0.2, 0.25) is 0 Å². The summed E-state index contributed by atoms with van der Waals surface area (Å²) in [7, 11) is 1.96. The van der Waals surface area contributed by atoms with E-state index in [9.17, 15) is 9.59 Å². The zero-order valence-electron chi connectivity index (χ0n) is 16.2. The lowest BCUT2D eigenvalue weighted by molar-refractivity contribution is 0.0956. The van der Waals surface area contributed by atoms with Gasteiger partial charge in [-0.25, -0.2) is 4.79 Å². The van der Waals surface area contributed by atoms with Gasteiger partial charge in [-0.05, 0) is 50.5 Å². The van der Waals surface area contributed by atoms with Gasteiger partial charge in [0.25, 0.3) is 5.91 Å². The van der Waals surface area contributed by atoms with Crippen LogP contribution in [0.1, 0.15) is 47.3 Å². The van der Waals surface area contributed by atoms with E-state index in [1.165, 1.54) is 5.69 Å². The molecule has 2 heterocycles. The molecule has 1 aliphatic rings. The van der Waals surface area contributed by atoms with Gasteiger partial charge in [-0.15, -0.1) is 0 Å². The van der Waals surface area contributed by atoms with Crippen LogP contribution < -0.4 is 10.6 Å². The number of hydrogen-bond acceptors (Lipinski definition) is 3. The third kappa shape index (κ3) is 4.30. The van der Waals surface area contributed by atoms with Crippen molar-refractivity contribution in [3.8, 4) is 0 Å². The largest absolute Gasteiger partial charge is 0.352 e. The molecule has 0 atom stereocenters. The van der Waals surface area contributed by atoms with Crippen LogP contribution in [0.2, 0.25) is 0 Å². The van der Waals surface area contributed by atoms with E-state index in [2.05, 4.69) is 21.8 Å². The number of hydrogen-bond donors (Lipinski definition) is 2. The number of carbonyl (C=O) groups is 2. The summed E-state index contributed by atoms with van der Waals surface area (Å²) in [6.45, 7) is 5.78. The first-order valence-electron chi connectivity index (χ1n) is 9.42. The molecule has 1 aromatic heterocycles. The number of benzene rings is 1. The van der Waals surface area contributed by atoms with Crippen LogP contribution in [0.5, 0.6) is 0 Å². The molecule has 1 aromatic carbocycles. The van der Waals surface area contributed by atoms with E-state index in [-0.39, 0.29) is 11.9 Å². The zero-order valence-corrected chi connectivity index (χ0v) is 16.2. The standard InChI is InChI=1S/C20H27N5O2/c1-4-21-19(26)16-6-5-14(2)17(13-16)23-20(27)25-11-8-15(9-12-25)18-7-10-22-24(18)3/h5-7,10,13,15H,4,8-9,11-12H2,1-3H3,(H,21,26)(H,23,27). The number of nitrogens with zero attached hydrogens (tertiary/aromatic N) is 3. The first kappa shape index (κ1) is 18.9. The van der Waals surface area contributed by atoms with E-state index < -0.39 is 0 Å². The minimum atomic E-state index is -0.134. The van der Waals surface area contributed by atoms with Gasteiger partial charge in [0.1, 0.15) is 0 Å². The fourth-order valence-electron chi connectivity index (χ4n) is 3.52. The minimum Gasteiger partial charge on any atom is -0.352 e. The minimum absolute atomic E-state index is 0.116. The van der Waals surface area contributed by atoms with Crippen molar-refractivity contribution in [3.63, 3.8) is 0 Å². The Bertz CT molecular complexity index is 822. The summed E-state index contributed by atoms with van der Waals surface area (Å²) in [4.78, 5) is 26.6. The highest BCUT2D eigenvalue weighted by Crippen LogP contribution is 2.28. The van der Waals surface area contributed by atoms with Crippen LogP contribution in [0, 0.1) is 6.92 Å². The lowest BCUT2D eigenvalue weighted by Gasteiger charge is -2.32. The molecule has 1 fully saturated rings. The molecule has 2 aromatic rings. The average Bonchev–Trinajstić information content (AvgIpc) is 3.09. The van der Waals surface area contributed by atoms with Gasteiger partial charge in [0.15, 0.2) is 0 Å². The van der Waals surface area contributed by atoms with E-state index in [1.807, 2.05) is 42.7 Å². The summed E-state index contributed by atoms with van der Waals surface area (Å²) in [5.74, 6) is 0.300. The first-order chi connectivity index (χ1) is 13.0. The maximum atomic E-state index is 12.7. The molecule has 3 amide bonds. The fraction of sp³-hybridized carbons (Fsp3) is 0.450. The van der Waals surface area contributed by atoms with Crippen LogP contribution in [0.15, 0.2) is 30.5 Å². The van der Waals surface area contributed by atoms with Gasteiger partial charge in [0.05, 0.1) is 0 Å². The predicted octanol–water partition coefficient (Wildman–Crippen LogP) is 2.89. The van der Waals surface area contributed by atoms with E-state index in [1.54, 1.807) is 12.1 Å². The Balaban J connectivity index is 1.62. The van der Waals surface area contributed by atoms with Gasteiger partial charge in [0, 0.05) is 55.7 Å². The second-order valence-corrected chi connectivity index (χ2v) is 6.96. The van der Waals surface area contributed by atoms with Gasteiger partial charge in [-0.3, -0.25) is 9.48 Å². The predicted molar refractivity (Wildman–Crippen MR) is 105 cm³/mol. The number of amides is 3. The van der Waals surface area contributed by atoms with E-state index >= 15 is 0 Å². The lowest BCUT2D eigenvalue weighted by atomic mass is 9.93. The van der Waals surface area contributed by atoms with Crippen molar-refractivity contribution in [1.82, 2.24) is 20.0 Å². The van der Waals surface area contributed by atoms with E-state index in [0.717, 1.165) is 18.4 Å². The third-order valence-corrected chi connectivity index (χ3v) is 5.14.